The Balaban J connectivity index is 1.73. The Hall–Kier alpha value is -1.93. The number of benzene rings is 1. The zero-order chi connectivity index (χ0) is 16.7. The van der Waals surface area contributed by atoms with Crippen molar-refractivity contribution >= 4 is 21.8 Å². The largest absolute Gasteiger partial charge is 0.348 e. The van der Waals surface area contributed by atoms with E-state index in [1.165, 1.54) is 6.07 Å². The van der Waals surface area contributed by atoms with Crippen molar-refractivity contribution < 1.29 is 13.2 Å². The first-order valence-electron chi connectivity index (χ1n) is 7.53. The number of hydrogen-bond donors (Lipinski definition) is 3. The molecule has 1 aromatic rings. The predicted octanol–water partition coefficient (Wildman–Crippen LogP) is -0.0313. The van der Waals surface area contributed by atoms with Crippen LogP contribution in [0.25, 0.3) is 0 Å². The predicted molar refractivity (Wildman–Crippen MR) is 86.5 cm³/mol. The fourth-order valence-electron chi connectivity index (χ4n) is 2.80. The molecule has 1 atom stereocenters. The molecule has 0 spiro atoms. The molecule has 23 heavy (non-hydrogen) atoms. The first-order valence-corrected chi connectivity index (χ1v) is 9.02. The molecule has 0 aromatic heterocycles. The smallest absolute Gasteiger partial charge is 0.263 e. The highest BCUT2D eigenvalue weighted by molar-refractivity contribution is 7.90. The highest BCUT2D eigenvalue weighted by atomic mass is 32.2. The summed E-state index contributed by atoms with van der Waals surface area (Å²) in [7, 11) is -3.58. The van der Waals surface area contributed by atoms with E-state index in [2.05, 4.69) is 15.0 Å². The topological polar surface area (TPSA) is 114 Å². The summed E-state index contributed by atoms with van der Waals surface area (Å²) >= 11 is 0. The van der Waals surface area contributed by atoms with E-state index in [0.717, 1.165) is 12.8 Å². The number of nitrogens with zero attached hydrogens (tertiary/aromatic N) is 1. The first-order chi connectivity index (χ1) is 10.9. The molecule has 124 valence electrons. The van der Waals surface area contributed by atoms with E-state index < -0.39 is 15.6 Å². The molecule has 0 saturated heterocycles. The lowest BCUT2D eigenvalue weighted by molar-refractivity contribution is -0.121. The minimum Gasteiger partial charge on any atom is -0.348 e. The Bertz CT molecular complexity index is 771. The van der Waals surface area contributed by atoms with E-state index >= 15 is 0 Å². The lowest BCUT2D eigenvalue weighted by Crippen LogP contribution is -2.53. The van der Waals surface area contributed by atoms with E-state index in [9.17, 15) is 13.2 Å². The lowest BCUT2D eigenvalue weighted by atomic mass is 9.96. The van der Waals surface area contributed by atoms with Crippen LogP contribution in [0.3, 0.4) is 0 Å². The van der Waals surface area contributed by atoms with Gasteiger partial charge in [0.25, 0.3) is 10.0 Å². The number of sulfonamides is 1. The van der Waals surface area contributed by atoms with Crippen molar-refractivity contribution in [2.75, 3.05) is 13.1 Å². The van der Waals surface area contributed by atoms with Crippen molar-refractivity contribution in [2.24, 2.45) is 16.6 Å². The van der Waals surface area contributed by atoms with Gasteiger partial charge in [0.15, 0.2) is 0 Å². The molecular weight excluding hydrogens is 316 g/mol. The van der Waals surface area contributed by atoms with Gasteiger partial charge in [-0.1, -0.05) is 12.1 Å². The molecular formula is C15H20N4O3S. The van der Waals surface area contributed by atoms with Crippen LogP contribution in [0.15, 0.2) is 34.2 Å². The highest BCUT2D eigenvalue weighted by Gasteiger charge is 2.41. The Morgan fingerprint density at radius 2 is 2.13 bits per heavy atom. The molecule has 3 rings (SSSR count). The fourth-order valence-corrected chi connectivity index (χ4v) is 4.05. The second-order valence-electron chi connectivity index (χ2n) is 6.21. The minimum absolute atomic E-state index is 0.144. The van der Waals surface area contributed by atoms with Crippen LogP contribution in [-0.4, -0.2) is 38.8 Å². The van der Waals surface area contributed by atoms with Gasteiger partial charge in [-0.05, 0) is 37.8 Å². The summed E-state index contributed by atoms with van der Waals surface area (Å²) < 4.78 is 26.3. The maximum Gasteiger partial charge on any atom is 0.263 e. The van der Waals surface area contributed by atoms with Crippen molar-refractivity contribution in [3.8, 4) is 0 Å². The van der Waals surface area contributed by atoms with Crippen molar-refractivity contribution in [3.05, 3.63) is 29.8 Å². The van der Waals surface area contributed by atoms with Gasteiger partial charge >= 0.3 is 0 Å². The second kappa shape index (κ2) is 5.61. The number of amides is 1. The van der Waals surface area contributed by atoms with Crippen molar-refractivity contribution in [3.63, 3.8) is 0 Å². The summed E-state index contributed by atoms with van der Waals surface area (Å²) in [6, 6.07) is 6.56. The van der Waals surface area contributed by atoms with Crippen LogP contribution in [0.5, 0.6) is 0 Å². The molecule has 1 aliphatic heterocycles. The summed E-state index contributed by atoms with van der Waals surface area (Å²) in [5, 5.41) is 2.93. The number of nitrogens with one attached hydrogen (secondary N) is 2. The van der Waals surface area contributed by atoms with E-state index in [1.807, 2.05) is 6.92 Å². The third-order valence-electron chi connectivity index (χ3n) is 4.37. The fraction of sp³-hybridized carbons (Fsp3) is 0.467. The van der Waals surface area contributed by atoms with Gasteiger partial charge in [0.2, 0.25) is 5.91 Å². The summed E-state index contributed by atoms with van der Waals surface area (Å²) in [4.78, 5) is 16.4. The molecule has 8 heteroatoms. The van der Waals surface area contributed by atoms with Gasteiger partial charge < -0.3 is 11.1 Å². The van der Waals surface area contributed by atoms with Crippen LogP contribution in [0.2, 0.25) is 0 Å². The van der Waals surface area contributed by atoms with Crippen molar-refractivity contribution in [1.82, 2.24) is 10.0 Å². The van der Waals surface area contributed by atoms with Crippen LogP contribution in [0.4, 0.5) is 0 Å². The van der Waals surface area contributed by atoms with Crippen LogP contribution >= 0.6 is 0 Å². The third kappa shape index (κ3) is 3.09. The van der Waals surface area contributed by atoms with E-state index in [0.29, 0.717) is 18.0 Å². The number of aliphatic imine (C=N–C) groups is 1. The second-order valence-corrected chi connectivity index (χ2v) is 7.86. The quantitative estimate of drug-likeness (QED) is 0.700. The summed E-state index contributed by atoms with van der Waals surface area (Å²) in [6.45, 7) is 2.16. The van der Waals surface area contributed by atoms with Gasteiger partial charge in [0.1, 0.15) is 12.4 Å². The Labute approximate surface area is 135 Å². The van der Waals surface area contributed by atoms with E-state index in [1.54, 1.807) is 18.2 Å². The maximum absolute atomic E-state index is 12.1. The normalized spacial score (nSPS) is 23.0. The highest BCUT2D eigenvalue weighted by Crippen LogP contribution is 2.38. The van der Waals surface area contributed by atoms with Crippen molar-refractivity contribution in [1.29, 1.82) is 0 Å². The standard InChI is InChI=1S/C15H20N4O3S/c1-15(9-16,10-6-7-10)18-13(20)8-17-14-11-4-2-3-5-12(11)23(21,22)19-14/h2-5,10H,6-9,16H2,1H3,(H,17,19)(H,18,20). The van der Waals surface area contributed by atoms with Crippen LogP contribution < -0.4 is 15.8 Å². The molecule has 1 unspecified atom stereocenters. The van der Waals surface area contributed by atoms with Gasteiger partial charge in [-0.3, -0.25) is 14.5 Å². The Kier molecular flexibility index (Phi) is 3.89. The van der Waals surface area contributed by atoms with Crippen LogP contribution in [0.1, 0.15) is 25.3 Å². The van der Waals surface area contributed by atoms with E-state index in [-0.39, 0.29) is 23.2 Å². The van der Waals surface area contributed by atoms with Crippen LogP contribution in [-0.2, 0) is 14.8 Å². The monoisotopic (exact) mass is 336 g/mol. The molecule has 2 aliphatic rings. The van der Waals surface area contributed by atoms with Gasteiger partial charge in [-0.25, -0.2) is 8.42 Å². The van der Waals surface area contributed by atoms with Crippen LogP contribution in [0, 0.1) is 5.92 Å². The van der Waals surface area contributed by atoms with Gasteiger partial charge in [-0.2, -0.15) is 0 Å². The number of carbonyl (C=O) groups is 1. The molecule has 1 heterocycles. The Morgan fingerprint density at radius 1 is 1.43 bits per heavy atom. The average Bonchev–Trinajstić information content (AvgIpc) is 3.33. The first kappa shape index (κ1) is 15.9. The molecule has 4 N–H and O–H groups in total. The molecule has 1 amide bonds. The average molecular weight is 336 g/mol. The van der Waals surface area contributed by atoms with Gasteiger partial charge in [0.05, 0.1) is 10.4 Å². The molecule has 1 aliphatic carbocycles. The molecule has 0 radical (unpaired) electrons. The number of nitrogens with two attached hydrogens (primary N) is 1. The maximum atomic E-state index is 12.1. The number of rotatable bonds is 5. The molecule has 0 bridgehead atoms. The minimum atomic E-state index is -3.58. The molecule has 1 fully saturated rings. The number of fused-ring (bicyclic) bond motifs is 1. The Morgan fingerprint density at radius 3 is 2.78 bits per heavy atom. The number of amidine groups is 1. The summed E-state index contributed by atoms with van der Waals surface area (Å²) in [5.41, 5.74) is 5.85. The summed E-state index contributed by atoms with van der Waals surface area (Å²) in [5.74, 6) is 0.354. The van der Waals surface area contributed by atoms with Crippen molar-refractivity contribution in [2.45, 2.75) is 30.2 Å². The van der Waals surface area contributed by atoms with Gasteiger partial charge in [-0.15, -0.1) is 0 Å². The molecule has 7 nitrogen and oxygen atoms in total. The van der Waals surface area contributed by atoms with Gasteiger partial charge in [0, 0.05) is 12.1 Å². The molecule has 1 aromatic carbocycles. The zero-order valence-corrected chi connectivity index (χ0v) is 13.7. The summed E-state index contributed by atoms with van der Waals surface area (Å²) in [6.07, 6.45) is 2.13. The number of carbonyl (C=O) groups excluding carboxylic acids is 1. The lowest BCUT2D eigenvalue weighted by Gasteiger charge is -2.29. The van der Waals surface area contributed by atoms with E-state index in [4.69, 9.17) is 5.73 Å². The molecule has 1 saturated carbocycles. The number of hydrogen-bond acceptors (Lipinski definition) is 5. The zero-order valence-electron chi connectivity index (χ0n) is 12.9. The third-order valence-corrected chi connectivity index (χ3v) is 5.77. The SMILES string of the molecule is CC(CN)(NC(=O)CN=C1NS(=O)(=O)c2ccccc21)C1CC1.